The average molecular weight is 435 g/mol. The lowest BCUT2D eigenvalue weighted by Gasteiger charge is -2.13. The first-order valence-corrected chi connectivity index (χ1v) is 10.7. The van der Waals surface area contributed by atoms with Gasteiger partial charge in [0, 0.05) is 23.1 Å². The molecule has 1 heterocycles. The number of ether oxygens (including phenoxy) is 1. The third-order valence-corrected chi connectivity index (χ3v) is 5.10. The van der Waals surface area contributed by atoms with E-state index in [9.17, 15) is 9.59 Å². The summed E-state index contributed by atoms with van der Waals surface area (Å²) in [5.74, 6) is 0.179. The first kappa shape index (κ1) is 22.0. The molecule has 0 aliphatic carbocycles. The van der Waals surface area contributed by atoms with Crippen LogP contribution in [-0.4, -0.2) is 22.9 Å². The standard InChI is InChI=1S/C23H22N4O3S/c1-3-4-21(28)25-18-9-7-17(8-10-18)20-14-31-23(26-20)27-22(29)15(2)30-19-11-5-16(13-24)6-12-19/h5-12,14-15H,3-4H2,1-2H3,(H,25,28)(H,26,27,29). The van der Waals surface area contributed by atoms with Crippen molar-refractivity contribution in [2.45, 2.75) is 32.8 Å². The second kappa shape index (κ2) is 10.4. The summed E-state index contributed by atoms with van der Waals surface area (Å²) in [5.41, 5.74) is 2.87. The summed E-state index contributed by atoms with van der Waals surface area (Å²) in [6.07, 6.45) is 0.560. The quantitative estimate of drug-likeness (QED) is 0.529. The number of aromatic nitrogens is 1. The number of benzene rings is 2. The fourth-order valence-electron chi connectivity index (χ4n) is 2.71. The summed E-state index contributed by atoms with van der Waals surface area (Å²) in [6.45, 7) is 3.61. The Morgan fingerprint density at radius 2 is 1.84 bits per heavy atom. The normalized spacial score (nSPS) is 11.3. The highest BCUT2D eigenvalue weighted by Gasteiger charge is 2.17. The Hall–Kier alpha value is -3.70. The molecule has 0 aliphatic heterocycles. The van der Waals surface area contributed by atoms with Crippen LogP contribution in [0.5, 0.6) is 5.75 Å². The van der Waals surface area contributed by atoms with E-state index in [2.05, 4.69) is 15.6 Å². The molecule has 0 saturated carbocycles. The molecule has 2 aromatic carbocycles. The Labute approximate surface area is 184 Å². The molecule has 1 atom stereocenters. The van der Waals surface area contributed by atoms with Gasteiger partial charge in [-0.05, 0) is 49.7 Å². The molecule has 2 N–H and O–H groups in total. The van der Waals surface area contributed by atoms with E-state index in [1.165, 1.54) is 11.3 Å². The van der Waals surface area contributed by atoms with E-state index < -0.39 is 6.10 Å². The second-order valence-electron chi connectivity index (χ2n) is 6.80. The highest BCUT2D eigenvalue weighted by molar-refractivity contribution is 7.14. The van der Waals surface area contributed by atoms with Gasteiger partial charge in [-0.1, -0.05) is 19.1 Å². The monoisotopic (exact) mass is 434 g/mol. The van der Waals surface area contributed by atoms with Gasteiger partial charge >= 0.3 is 0 Å². The van der Waals surface area contributed by atoms with E-state index in [4.69, 9.17) is 10.00 Å². The lowest BCUT2D eigenvalue weighted by atomic mass is 10.1. The van der Waals surface area contributed by atoms with Crippen molar-refractivity contribution in [2.24, 2.45) is 0 Å². The van der Waals surface area contributed by atoms with Crippen LogP contribution in [0.3, 0.4) is 0 Å². The van der Waals surface area contributed by atoms with E-state index in [1.807, 2.05) is 42.6 Å². The number of carbonyl (C=O) groups excluding carboxylic acids is 2. The van der Waals surface area contributed by atoms with Crippen molar-refractivity contribution in [3.8, 4) is 23.1 Å². The Bertz CT molecular complexity index is 1090. The molecule has 7 nitrogen and oxygen atoms in total. The Balaban J connectivity index is 1.58. The van der Waals surface area contributed by atoms with Crippen molar-refractivity contribution in [3.05, 3.63) is 59.5 Å². The predicted molar refractivity (Wildman–Crippen MR) is 121 cm³/mol. The Morgan fingerprint density at radius 1 is 1.13 bits per heavy atom. The zero-order chi connectivity index (χ0) is 22.2. The molecular formula is C23H22N4O3S. The number of rotatable bonds is 8. The fraction of sp³-hybridized carbons (Fsp3) is 0.217. The first-order valence-electron chi connectivity index (χ1n) is 9.82. The van der Waals surface area contributed by atoms with Crippen molar-refractivity contribution < 1.29 is 14.3 Å². The van der Waals surface area contributed by atoms with Crippen molar-refractivity contribution in [3.63, 3.8) is 0 Å². The Kier molecular flexibility index (Phi) is 7.35. The summed E-state index contributed by atoms with van der Waals surface area (Å²) < 4.78 is 5.62. The van der Waals surface area contributed by atoms with Gasteiger partial charge in [-0.15, -0.1) is 11.3 Å². The smallest absolute Gasteiger partial charge is 0.266 e. The number of hydrogen-bond acceptors (Lipinski definition) is 6. The SMILES string of the molecule is CCCC(=O)Nc1ccc(-c2csc(NC(=O)C(C)Oc3ccc(C#N)cc3)n2)cc1. The zero-order valence-corrected chi connectivity index (χ0v) is 18.0. The number of carbonyl (C=O) groups is 2. The topological polar surface area (TPSA) is 104 Å². The van der Waals surface area contributed by atoms with Gasteiger partial charge in [-0.3, -0.25) is 14.9 Å². The van der Waals surface area contributed by atoms with Crippen LogP contribution >= 0.6 is 11.3 Å². The molecule has 3 rings (SSSR count). The van der Waals surface area contributed by atoms with Crippen LogP contribution in [0.15, 0.2) is 53.9 Å². The molecule has 2 amide bonds. The minimum atomic E-state index is -0.730. The number of nitrogens with one attached hydrogen (secondary N) is 2. The maximum atomic E-state index is 12.4. The predicted octanol–water partition coefficient (Wildman–Crippen LogP) is 4.83. The maximum Gasteiger partial charge on any atom is 0.266 e. The summed E-state index contributed by atoms with van der Waals surface area (Å²) in [4.78, 5) is 28.6. The molecule has 0 saturated heterocycles. The largest absolute Gasteiger partial charge is 0.481 e. The maximum absolute atomic E-state index is 12.4. The van der Waals surface area contributed by atoms with Gasteiger partial charge in [-0.25, -0.2) is 4.98 Å². The van der Waals surface area contributed by atoms with E-state index in [0.717, 1.165) is 23.4 Å². The molecule has 8 heteroatoms. The Morgan fingerprint density at radius 3 is 2.48 bits per heavy atom. The van der Waals surface area contributed by atoms with Crippen LogP contribution in [0.4, 0.5) is 10.8 Å². The molecule has 0 aliphatic rings. The van der Waals surface area contributed by atoms with Crippen LogP contribution in [0.2, 0.25) is 0 Å². The third kappa shape index (κ3) is 6.14. The van der Waals surface area contributed by atoms with Gasteiger partial charge in [0.15, 0.2) is 11.2 Å². The van der Waals surface area contributed by atoms with Gasteiger partial charge in [0.05, 0.1) is 17.3 Å². The van der Waals surface area contributed by atoms with Crippen LogP contribution in [-0.2, 0) is 9.59 Å². The van der Waals surface area contributed by atoms with Gasteiger partial charge in [0.2, 0.25) is 5.91 Å². The lowest BCUT2D eigenvalue weighted by Crippen LogP contribution is -2.30. The highest BCUT2D eigenvalue weighted by atomic mass is 32.1. The minimum absolute atomic E-state index is 0.00810. The first-order chi connectivity index (χ1) is 15.0. The van der Waals surface area contributed by atoms with E-state index in [1.54, 1.807) is 31.2 Å². The van der Waals surface area contributed by atoms with Crippen molar-refractivity contribution in [1.29, 1.82) is 5.26 Å². The summed E-state index contributed by atoms with van der Waals surface area (Å²) in [5, 5.41) is 16.8. The number of amides is 2. The van der Waals surface area contributed by atoms with E-state index in [0.29, 0.717) is 22.9 Å². The molecule has 3 aromatic rings. The number of nitrogens with zero attached hydrogens (tertiary/aromatic N) is 2. The summed E-state index contributed by atoms with van der Waals surface area (Å²) in [6, 6.07) is 16.0. The molecule has 0 spiro atoms. The van der Waals surface area contributed by atoms with Gasteiger partial charge < -0.3 is 10.1 Å². The molecule has 1 unspecified atom stereocenters. The third-order valence-electron chi connectivity index (χ3n) is 4.34. The molecule has 1 aromatic heterocycles. The number of nitriles is 1. The highest BCUT2D eigenvalue weighted by Crippen LogP contribution is 2.26. The molecule has 158 valence electrons. The van der Waals surface area contributed by atoms with Crippen LogP contribution in [0.25, 0.3) is 11.3 Å². The van der Waals surface area contributed by atoms with Gasteiger partial charge in [0.25, 0.3) is 5.91 Å². The molecule has 31 heavy (non-hydrogen) atoms. The van der Waals surface area contributed by atoms with E-state index in [-0.39, 0.29) is 11.8 Å². The fourth-order valence-corrected chi connectivity index (χ4v) is 3.43. The van der Waals surface area contributed by atoms with Crippen molar-refractivity contribution >= 4 is 34.0 Å². The number of anilines is 2. The zero-order valence-electron chi connectivity index (χ0n) is 17.2. The lowest BCUT2D eigenvalue weighted by molar-refractivity contribution is -0.122. The average Bonchev–Trinajstić information content (AvgIpc) is 3.23. The van der Waals surface area contributed by atoms with Gasteiger partial charge in [-0.2, -0.15) is 5.26 Å². The van der Waals surface area contributed by atoms with Crippen molar-refractivity contribution in [1.82, 2.24) is 4.98 Å². The molecule has 0 bridgehead atoms. The van der Waals surface area contributed by atoms with Gasteiger partial charge in [0.1, 0.15) is 5.75 Å². The van der Waals surface area contributed by atoms with E-state index >= 15 is 0 Å². The number of hydrogen-bond donors (Lipinski definition) is 2. The molecular weight excluding hydrogens is 412 g/mol. The van der Waals surface area contributed by atoms with Crippen LogP contribution in [0, 0.1) is 11.3 Å². The minimum Gasteiger partial charge on any atom is -0.481 e. The van der Waals surface area contributed by atoms with Crippen molar-refractivity contribution in [2.75, 3.05) is 10.6 Å². The van der Waals surface area contributed by atoms with Crippen LogP contribution in [0.1, 0.15) is 32.3 Å². The second-order valence-corrected chi connectivity index (χ2v) is 7.66. The molecule has 0 fully saturated rings. The number of thiazole rings is 1. The summed E-state index contributed by atoms with van der Waals surface area (Å²) in [7, 11) is 0. The van der Waals surface area contributed by atoms with Crippen LogP contribution < -0.4 is 15.4 Å². The summed E-state index contributed by atoms with van der Waals surface area (Å²) >= 11 is 1.32. The molecule has 0 radical (unpaired) electrons.